The highest BCUT2D eigenvalue weighted by Gasteiger charge is 2.41. The second-order valence-electron chi connectivity index (χ2n) is 4.04. The first kappa shape index (κ1) is 13.4. The highest BCUT2D eigenvalue weighted by Crippen LogP contribution is 2.28. The number of fused-ring (bicyclic) bond motifs is 1. The van der Waals surface area contributed by atoms with Crippen molar-refractivity contribution in [3.63, 3.8) is 0 Å². The van der Waals surface area contributed by atoms with Crippen LogP contribution in [0.15, 0.2) is 24.3 Å². The van der Waals surface area contributed by atoms with Gasteiger partial charge in [0, 0.05) is 10.8 Å². The summed E-state index contributed by atoms with van der Waals surface area (Å²) in [6.45, 7) is -0.845. The SMILES string of the molecule is O=C1c2ccccc2C(=O)N1CC(F)(F)CCI. The van der Waals surface area contributed by atoms with E-state index in [0.717, 1.165) is 0 Å². The van der Waals surface area contributed by atoms with Crippen LogP contribution in [0.5, 0.6) is 0 Å². The van der Waals surface area contributed by atoms with Crippen LogP contribution in [0, 0.1) is 0 Å². The fraction of sp³-hybridized carbons (Fsp3) is 0.333. The largest absolute Gasteiger partial charge is 0.269 e. The van der Waals surface area contributed by atoms with Gasteiger partial charge in [-0.05, 0) is 12.1 Å². The summed E-state index contributed by atoms with van der Waals surface area (Å²) in [5, 5.41) is 0. The molecule has 1 aromatic carbocycles. The van der Waals surface area contributed by atoms with Gasteiger partial charge in [0.15, 0.2) is 0 Å². The van der Waals surface area contributed by atoms with E-state index < -0.39 is 24.3 Å². The van der Waals surface area contributed by atoms with Crippen molar-refractivity contribution in [2.24, 2.45) is 0 Å². The molecule has 0 N–H and O–H groups in total. The molecular formula is C12H10F2INO2. The fourth-order valence-electron chi connectivity index (χ4n) is 1.83. The first-order valence-corrected chi connectivity index (χ1v) is 6.88. The maximum atomic E-state index is 13.5. The summed E-state index contributed by atoms with van der Waals surface area (Å²) in [5.41, 5.74) is 0.403. The van der Waals surface area contributed by atoms with Gasteiger partial charge in [0.25, 0.3) is 17.7 Å². The predicted octanol–water partition coefficient (Wildman–Crippen LogP) is 2.74. The first-order valence-electron chi connectivity index (χ1n) is 5.35. The minimum Gasteiger partial charge on any atom is -0.269 e. The molecule has 1 aliphatic heterocycles. The van der Waals surface area contributed by atoms with Crippen molar-refractivity contribution in [2.75, 3.05) is 11.0 Å². The molecule has 0 saturated carbocycles. The number of hydrogen-bond acceptors (Lipinski definition) is 2. The molecule has 1 aromatic rings. The molecule has 1 aliphatic rings. The van der Waals surface area contributed by atoms with Gasteiger partial charge in [-0.15, -0.1) is 0 Å². The number of amides is 2. The minimum absolute atomic E-state index is 0.202. The van der Waals surface area contributed by atoms with Crippen LogP contribution in [0.3, 0.4) is 0 Å². The molecule has 2 amide bonds. The molecule has 0 saturated heterocycles. The summed E-state index contributed by atoms with van der Waals surface area (Å²) < 4.78 is 27.3. The predicted molar refractivity (Wildman–Crippen MR) is 70.3 cm³/mol. The van der Waals surface area contributed by atoms with Crippen molar-refractivity contribution in [3.05, 3.63) is 35.4 Å². The van der Waals surface area contributed by atoms with Gasteiger partial charge in [0.1, 0.15) is 0 Å². The summed E-state index contributed by atoms with van der Waals surface area (Å²) in [5.74, 6) is -4.30. The number of rotatable bonds is 4. The molecule has 3 nitrogen and oxygen atoms in total. The molecule has 0 fully saturated rings. The Kier molecular flexibility index (Phi) is 3.65. The Bertz CT molecular complexity index is 470. The number of hydrogen-bond donors (Lipinski definition) is 0. The molecule has 18 heavy (non-hydrogen) atoms. The third kappa shape index (κ3) is 2.38. The lowest BCUT2D eigenvalue weighted by Crippen LogP contribution is -2.40. The minimum atomic E-state index is -3.03. The third-order valence-corrected chi connectivity index (χ3v) is 3.27. The van der Waals surface area contributed by atoms with Crippen LogP contribution < -0.4 is 0 Å². The van der Waals surface area contributed by atoms with Gasteiger partial charge in [0.2, 0.25) is 0 Å². The van der Waals surface area contributed by atoms with Crippen molar-refractivity contribution in [1.82, 2.24) is 4.90 Å². The van der Waals surface area contributed by atoms with Crippen LogP contribution >= 0.6 is 22.6 Å². The Morgan fingerprint density at radius 2 is 1.61 bits per heavy atom. The van der Waals surface area contributed by atoms with Crippen LogP contribution in [0.4, 0.5) is 8.78 Å². The Hall–Kier alpha value is -1.05. The Morgan fingerprint density at radius 3 is 2.06 bits per heavy atom. The lowest BCUT2D eigenvalue weighted by Gasteiger charge is -2.21. The third-order valence-electron chi connectivity index (χ3n) is 2.73. The quantitative estimate of drug-likeness (QED) is 0.468. The van der Waals surface area contributed by atoms with Crippen LogP contribution in [-0.4, -0.2) is 33.6 Å². The van der Waals surface area contributed by atoms with Gasteiger partial charge in [-0.2, -0.15) is 0 Å². The van der Waals surface area contributed by atoms with Crippen LogP contribution in [0.2, 0.25) is 0 Å². The molecule has 96 valence electrons. The number of imide groups is 1. The molecule has 0 radical (unpaired) electrons. The summed E-state index contributed by atoms with van der Waals surface area (Å²) in [4.78, 5) is 24.4. The normalized spacial score (nSPS) is 15.2. The molecule has 6 heteroatoms. The molecule has 0 aromatic heterocycles. The van der Waals surface area contributed by atoms with Gasteiger partial charge in [-0.1, -0.05) is 34.7 Å². The fourth-order valence-corrected chi connectivity index (χ4v) is 2.62. The van der Waals surface area contributed by atoms with Crippen molar-refractivity contribution >= 4 is 34.4 Å². The van der Waals surface area contributed by atoms with E-state index in [0.29, 0.717) is 4.90 Å². The molecule has 1 heterocycles. The van der Waals surface area contributed by atoms with Gasteiger partial charge in [0.05, 0.1) is 17.7 Å². The smallest absolute Gasteiger partial charge is 0.266 e. The second-order valence-corrected chi connectivity index (χ2v) is 5.12. The monoisotopic (exact) mass is 365 g/mol. The van der Waals surface area contributed by atoms with Crippen LogP contribution in [-0.2, 0) is 0 Å². The van der Waals surface area contributed by atoms with E-state index in [1.807, 2.05) is 22.6 Å². The van der Waals surface area contributed by atoms with E-state index in [9.17, 15) is 18.4 Å². The highest BCUT2D eigenvalue weighted by molar-refractivity contribution is 14.1. The maximum Gasteiger partial charge on any atom is 0.266 e. The van der Waals surface area contributed by atoms with Crippen molar-refractivity contribution in [3.8, 4) is 0 Å². The molecule has 0 aliphatic carbocycles. The van der Waals surface area contributed by atoms with Gasteiger partial charge < -0.3 is 0 Å². The zero-order valence-corrected chi connectivity index (χ0v) is 11.5. The highest BCUT2D eigenvalue weighted by atomic mass is 127. The topological polar surface area (TPSA) is 37.4 Å². The Labute approximate surface area is 116 Å². The maximum absolute atomic E-state index is 13.5. The van der Waals surface area contributed by atoms with Gasteiger partial charge in [-0.25, -0.2) is 8.78 Å². The van der Waals surface area contributed by atoms with E-state index in [2.05, 4.69) is 0 Å². The van der Waals surface area contributed by atoms with E-state index in [1.165, 1.54) is 12.1 Å². The summed E-state index contributed by atoms with van der Waals surface area (Å²) in [6, 6.07) is 6.17. The zero-order chi connectivity index (χ0) is 13.3. The van der Waals surface area contributed by atoms with E-state index in [-0.39, 0.29) is 22.0 Å². The molecule has 0 unspecified atom stereocenters. The lowest BCUT2D eigenvalue weighted by molar-refractivity contribution is -0.0238. The molecule has 2 rings (SSSR count). The Morgan fingerprint density at radius 1 is 1.11 bits per heavy atom. The van der Waals surface area contributed by atoms with Crippen LogP contribution in [0.25, 0.3) is 0 Å². The van der Waals surface area contributed by atoms with E-state index in [4.69, 9.17) is 0 Å². The van der Waals surface area contributed by atoms with Crippen molar-refractivity contribution < 1.29 is 18.4 Å². The number of benzene rings is 1. The standard InChI is InChI=1S/C12H10F2INO2/c13-12(14,5-6-15)7-16-10(17)8-3-1-2-4-9(8)11(16)18/h1-4H,5-7H2. The molecule has 0 spiro atoms. The van der Waals surface area contributed by atoms with Crippen molar-refractivity contribution in [1.29, 1.82) is 0 Å². The molecule has 0 bridgehead atoms. The van der Waals surface area contributed by atoms with E-state index >= 15 is 0 Å². The van der Waals surface area contributed by atoms with Gasteiger partial charge >= 0.3 is 0 Å². The Balaban J connectivity index is 2.24. The van der Waals surface area contributed by atoms with E-state index in [1.54, 1.807) is 12.1 Å². The summed E-state index contributed by atoms with van der Waals surface area (Å²) >= 11 is 1.84. The second kappa shape index (κ2) is 4.91. The summed E-state index contributed by atoms with van der Waals surface area (Å²) in [7, 11) is 0. The average molecular weight is 365 g/mol. The molecular weight excluding hydrogens is 355 g/mol. The number of carbonyl (C=O) groups is 2. The number of alkyl halides is 3. The number of halogens is 3. The lowest BCUT2D eigenvalue weighted by atomic mass is 10.1. The number of carbonyl (C=O) groups excluding carboxylic acids is 2. The van der Waals surface area contributed by atoms with Gasteiger partial charge in [-0.3, -0.25) is 14.5 Å². The number of nitrogens with zero attached hydrogens (tertiary/aromatic N) is 1. The van der Waals surface area contributed by atoms with Crippen molar-refractivity contribution in [2.45, 2.75) is 12.3 Å². The summed E-state index contributed by atoms with van der Waals surface area (Å²) in [6.07, 6.45) is -0.346. The average Bonchev–Trinajstić information content (AvgIpc) is 2.55. The molecule has 0 atom stereocenters. The zero-order valence-electron chi connectivity index (χ0n) is 9.33. The van der Waals surface area contributed by atoms with Crippen LogP contribution in [0.1, 0.15) is 27.1 Å². The first-order chi connectivity index (χ1) is 8.46.